The number of Topliss-reactive ketones (excluding diaryl/α,β-unsaturated/α-hetero) is 1. The van der Waals surface area contributed by atoms with E-state index in [4.69, 9.17) is 9.47 Å². The fourth-order valence-electron chi connectivity index (χ4n) is 2.75. The third kappa shape index (κ3) is 4.61. The Morgan fingerprint density at radius 3 is 2.61 bits per heavy atom. The van der Waals surface area contributed by atoms with Gasteiger partial charge in [-0.1, -0.05) is 23.9 Å². The zero-order valence-corrected chi connectivity index (χ0v) is 16.7. The maximum absolute atomic E-state index is 12.8. The largest absolute Gasteiger partial charge is 0.494 e. The normalized spacial score (nSPS) is 10.9. The second kappa shape index (κ2) is 9.52. The van der Waals surface area contributed by atoms with Gasteiger partial charge in [0.05, 0.1) is 36.4 Å². The minimum absolute atomic E-state index is 0.0336. The van der Waals surface area contributed by atoms with E-state index in [1.807, 2.05) is 19.1 Å². The molecule has 0 N–H and O–H groups in total. The highest BCUT2D eigenvalue weighted by Crippen LogP contribution is 2.20. The van der Waals surface area contributed by atoms with Crippen molar-refractivity contribution in [2.24, 2.45) is 0 Å². The summed E-state index contributed by atoms with van der Waals surface area (Å²) in [5.74, 6) is 0.885. The molecule has 28 heavy (non-hydrogen) atoms. The van der Waals surface area contributed by atoms with Crippen LogP contribution >= 0.6 is 11.8 Å². The van der Waals surface area contributed by atoms with Crippen LogP contribution in [0.25, 0.3) is 10.9 Å². The van der Waals surface area contributed by atoms with Crippen molar-refractivity contribution >= 4 is 28.4 Å². The molecule has 0 saturated heterocycles. The summed E-state index contributed by atoms with van der Waals surface area (Å²) in [5, 5.41) is 1.07. The van der Waals surface area contributed by atoms with E-state index in [-0.39, 0.29) is 17.1 Å². The van der Waals surface area contributed by atoms with Gasteiger partial charge in [0.25, 0.3) is 5.56 Å². The topological polar surface area (TPSA) is 70.4 Å². The van der Waals surface area contributed by atoms with Crippen LogP contribution in [0.3, 0.4) is 0 Å². The molecule has 2 aromatic carbocycles. The van der Waals surface area contributed by atoms with E-state index in [1.165, 1.54) is 11.8 Å². The van der Waals surface area contributed by atoms with E-state index in [9.17, 15) is 9.59 Å². The molecule has 0 fully saturated rings. The molecule has 1 heterocycles. The summed E-state index contributed by atoms with van der Waals surface area (Å²) in [6.07, 6.45) is 0. The summed E-state index contributed by atoms with van der Waals surface area (Å²) in [6.45, 7) is 3.26. The van der Waals surface area contributed by atoms with Crippen LogP contribution in [0.1, 0.15) is 17.3 Å². The molecular formula is C21H22N2O4S. The molecule has 1 aromatic heterocycles. The second-order valence-electron chi connectivity index (χ2n) is 6.03. The number of carbonyl (C=O) groups excluding carboxylic acids is 1. The SMILES string of the molecule is CCOc1ccc(C(=O)CSc2nc3ccccc3c(=O)n2CCOC)cc1. The van der Waals surface area contributed by atoms with Gasteiger partial charge in [-0.3, -0.25) is 14.2 Å². The van der Waals surface area contributed by atoms with Crippen LogP contribution in [0.5, 0.6) is 5.75 Å². The minimum atomic E-state index is -0.126. The van der Waals surface area contributed by atoms with Crippen molar-refractivity contribution in [2.45, 2.75) is 18.6 Å². The number of carbonyl (C=O) groups is 1. The number of para-hydroxylation sites is 1. The molecule has 0 bridgehead atoms. The number of rotatable bonds is 9. The Balaban J connectivity index is 1.82. The van der Waals surface area contributed by atoms with E-state index in [1.54, 1.807) is 48.1 Å². The number of fused-ring (bicyclic) bond motifs is 1. The maximum atomic E-state index is 12.8. The third-order valence-corrected chi connectivity index (χ3v) is 5.14. The van der Waals surface area contributed by atoms with Gasteiger partial charge in [-0.2, -0.15) is 0 Å². The summed E-state index contributed by atoms with van der Waals surface area (Å²) in [7, 11) is 1.59. The lowest BCUT2D eigenvalue weighted by Gasteiger charge is -2.12. The molecular weight excluding hydrogens is 376 g/mol. The number of ether oxygens (including phenoxy) is 2. The maximum Gasteiger partial charge on any atom is 0.262 e. The monoisotopic (exact) mass is 398 g/mol. The number of methoxy groups -OCH3 is 1. The molecule has 0 spiro atoms. The lowest BCUT2D eigenvalue weighted by Crippen LogP contribution is -2.25. The van der Waals surface area contributed by atoms with Gasteiger partial charge in [0.1, 0.15) is 5.75 Å². The molecule has 0 radical (unpaired) electrons. The first kappa shape index (κ1) is 20.1. The van der Waals surface area contributed by atoms with E-state index < -0.39 is 0 Å². The highest BCUT2D eigenvalue weighted by molar-refractivity contribution is 7.99. The van der Waals surface area contributed by atoms with Crippen molar-refractivity contribution in [3.8, 4) is 5.75 Å². The molecule has 3 rings (SSSR count). The Bertz CT molecular complexity index is 1020. The average Bonchev–Trinajstić information content (AvgIpc) is 2.72. The molecule has 3 aromatic rings. The average molecular weight is 398 g/mol. The Morgan fingerprint density at radius 1 is 1.14 bits per heavy atom. The molecule has 0 aliphatic heterocycles. The predicted octanol–water partition coefficient (Wildman–Crippen LogP) is 3.42. The first-order chi connectivity index (χ1) is 13.6. The van der Waals surface area contributed by atoms with Crippen LogP contribution in [-0.4, -0.2) is 41.4 Å². The van der Waals surface area contributed by atoms with Crippen LogP contribution in [0.4, 0.5) is 0 Å². The Labute approximate surface area is 167 Å². The summed E-state index contributed by atoms with van der Waals surface area (Å²) >= 11 is 1.26. The van der Waals surface area contributed by atoms with Gasteiger partial charge < -0.3 is 9.47 Å². The van der Waals surface area contributed by atoms with E-state index >= 15 is 0 Å². The minimum Gasteiger partial charge on any atom is -0.494 e. The number of hydrogen-bond acceptors (Lipinski definition) is 6. The molecule has 0 amide bonds. The first-order valence-electron chi connectivity index (χ1n) is 9.01. The molecule has 0 aliphatic carbocycles. The molecule has 146 valence electrons. The van der Waals surface area contributed by atoms with Crippen molar-refractivity contribution in [2.75, 3.05) is 26.1 Å². The molecule has 0 unspecified atom stereocenters. The van der Waals surface area contributed by atoms with E-state index in [0.717, 1.165) is 5.75 Å². The highest BCUT2D eigenvalue weighted by atomic mass is 32.2. The molecule has 7 heteroatoms. The fourth-order valence-corrected chi connectivity index (χ4v) is 3.67. The second-order valence-corrected chi connectivity index (χ2v) is 6.97. The Hall–Kier alpha value is -2.64. The van der Waals surface area contributed by atoms with Gasteiger partial charge in [-0.05, 0) is 43.3 Å². The quantitative estimate of drug-likeness (QED) is 0.312. The van der Waals surface area contributed by atoms with Crippen LogP contribution in [0, 0.1) is 0 Å². The van der Waals surface area contributed by atoms with Gasteiger partial charge in [0.15, 0.2) is 10.9 Å². The highest BCUT2D eigenvalue weighted by Gasteiger charge is 2.14. The van der Waals surface area contributed by atoms with Gasteiger partial charge in [0, 0.05) is 12.7 Å². The van der Waals surface area contributed by atoms with Crippen molar-refractivity contribution in [3.63, 3.8) is 0 Å². The molecule has 0 atom stereocenters. The van der Waals surface area contributed by atoms with Gasteiger partial charge in [-0.15, -0.1) is 0 Å². The fraction of sp³-hybridized carbons (Fsp3) is 0.286. The Kier molecular flexibility index (Phi) is 6.84. The standard InChI is InChI=1S/C21H22N2O4S/c1-3-27-16-10-8-15(9-11-16)19(24)14-28-21-22-18-7-5-4-6-17(18)20(25)23(21)12-13-26-2/h4-11H,3,12-14H2,1-2H3. The smallest absolute Gasteiger partial charge is 0.262 e. The zero-order valence-electron chi connectivity index (χ0n) is 15.9. The van der Waals surface area contributed by atoms with Crippen molar-refractivity contribution < 1.29 is 14.3 Å². The number of benzene rings is 2. The van der Waals surface area contributed by atoms with Crippen molar-refractivity contribution in [1.29, 1.82) is 0 Å². The van der Waals surface area contributed by atoms with Crippen molar-refractivity contribution in [1.82, 2.24) is 9.55 Å². The summed E-state index contributed by atoms with van der Waals surface area (Å²) in [6, 6.07) is 14.3. The van der Waals surface area contributed by atoms with Crippen LogP contribution < -0.4 is 10.3 Å². The summed E-state index contributed by atoms with van der Waals surface area (Å²) in [4.78, 5) is 30.0. The lowest BCUT2D eigenvalue weighted by atomic mass is 10.1. The third-order valence-electron chi connectivity index (χ3n) is 4.17. The molecule has 0 aliphatic rings. The molecule has 0 saturated carbocycles. The Morgan fingerprint density at radius 2 is 1.89 bits per heavy atom. The van der Waals surface area contributed by atoms with Crippen LogP contribution in [-0.2, 0) is 11.3 Å². The van der Waals surface area contributed by atoms with Crippen LogP contribution in [0.2, 0.25) is 0 Å². The number of ketones is 1. The van der Waals surface area contributed by atoms with Gasteiger partial charge >= 0.3 is 0 Å². The predicted molar refractivity (Wildman–Crippen MR) is 111 cm³/mol. The number of hydrogen-bond donors (Lipinski definition) is 0. The van der Waals surface area contributed by atoms with Crippen LogP contribution in [0.15, 0.2) is 58.5 Å². The summed E-state index contributed by atoms with van der Waals surface area (Å²) < 4.78 is 12.1. The van der Waals surface area contributed by atoms with Gasteiger partial charge in [0.2, 0.25) is 0 Å². The number of nitrogens with zero attached hydrogens (tertiary/aromatic N) is 2. The lowest BCUT2D eigenvalue weighted by molar-refractivity contribution is 0.102. The van der Waals surface area contributed by atoms with Gasteiger partial charge in [-0.25, -0.2) is 4.98 Å². The number of aromatic nitrogens is 2. The summed E-state index contributed by atoms with van der Waals surface area (Å²) in [5.41, 5.74) is 1.10. The number of thioether (sulfide) groups is 1. The van der Waals surface area contributed by atoms with E-state index in [0.29, 0.717) is 41.4 Å². The first-order valence-corrected chi connectivity index (χ1v) is 10.00. The molecule has 6 nitrogen and oxygen atoms in total. The van der Waals surface area contributed by atoms with Crippen molar-refractivity contribution in [3.05, 3.63) is 64.4 Å². The van der Waals surface area contributed by atoms with E-state index in [2.05, 4.69) is 4.98 Å². The zero-order chi connectivity index (χ0) is 19.9.